The number of anilines is 1. The molecule has 4 nitrogen and oxygen atoms in total. The second-order valence-electron chi connectivity index (χ2n) is 5.80. The Morgan fingerprint density at radius 3 is 2.50 bits per heavy atom. The number of furan rings is 1. The first kappa shape index (κ1) is 14.7. The minimum Gasteiger partial charge on any atom is -0.467 e. The fourth-order valence-electron chi connectivity index (χ4n) is 2.53. The van der Waals surface area contributed by atoms with E-state index in [1.54, 1.807) is 6.26 Å². The van der Waals surface area contributed by atoms with E-state index in [1.807, 2.05) is 48.3 Å². The molecule has 1 heterocycles. The molecule has 22 heavy (non-hydrogen) atoms. The van der Waals surface area contributed by atoms with Crippen LogP contribution < -0.4 is 4.90 Å². The van der Waals surface area contributed by atoms with Crippen LogP contribution in [-0.4, -0.2) is 30.4 Å². The van der Waals surface area contributed by atoms with E-state index >= 15 is 0 Å². The van der Waals surface area contributed by atoms with Crippen LogP contribution in [0, 0.1) is 0 Å². The third kappa shape index (κ3) is 3.16. The van der Waals surface area contributed by atoms with Crippen molar-refractivity contribution in [1.29, 1.82) is 0 Å². The van der Waals surface area contributed by atoms with Crippen LogP contribution in [0.15, 0.2) is 47.1 Å². The van der Waals surface area contributed by atoms with Gasteiger partial charge < -0.3 is 14.2 Å². The maximum absolute atomic E-state index is 12.8. The molecule has 0 atom stereocenters. The summed E-state index contributed by atoms with van der Waals surface area (Å²) in [4.78, 5) is 16.9. The van der Waals surface area contributed by atoms with Crippen molar-refractivity contribution in [3.63, 3.8) is 0 Å². The standard InChI is InChI=1S/C18H22N2O2/c1-3-19(2)15-8-6-14(7-9-15)18(21)20(16-10-11-16)13-17-5-4-12-22-17/h4-9,12,16H,3,10-11,13H2,1-2H3. The van der Waals surface area contributed by atoms with Crippen molar-refractivity contribution < 1.29 is 9.21 Å². The highest BCUT2D eigenvalue weighted by Gasteiger charge is 2.33. The lowest BCUT2D eigenvalue weighted by molar-refractivity contribution is 0.0717. The highest BCUT2D eigenvalue weighted by molar-refractivity contribution is 5.95. The van der Waals surface area contributed by atoms with Crippen LogP contribution in [0.3, 0.4) is 0 Å². The molecule has 2 aromatic rings. The first-order valence-electron chi connectivity index (χ1n) is 7.83. The zero-order valence-electron chi connectivity index (χ0n) is 13.2. The fraction of sp³-hybridized carbons (Fsp3) is 0.389. The number of carbonyl (C=O) groups excluding carboxylic acids is 1. The van der Waals surface area contributed by atoms with Gasteiger partial charge >= 0.3 is 0 Å². The molecule has 0 spiro atoms. The number of rotatable bonds is 6. The molecular weight excluding hydrogens is 276 g/mol. The molecule has 1 aliphatic rings. The Morgan fingerprint density at radius 1 is 1.23 bits per heavy atom. The van der Waals surface area contributed by atoms with Crippen LogP contribution in [0.25, 0.3) is 0 Å². The van der Waals surface area contributed by atoms with Gasteiger partial charge in [0.25, 0.3) is 5.91 Å². The first-order chi connectivity index (χ1) is 10.7. The van der Waals surface area contributed by atoms with Crippen LogP contribution in [0.5, 0.6) is 0 Å². The summed E-state index contributed by atoms with van der Waals surface area (Å²) >= 11 is 0. The predicted octanol–water partition coefficient (Wildman–Crippen LogP) is 3.54. The molecule has 1 amide bonds. The van der Waals surface area contributed by atoms with Crippen LogP contribution in [-0.2, 0) is 6.54 Å². The van der Waals surface area contributed by atoms with Crippen molar-refractivity contribution in [2.45, 2.75) is 32.4 Å². The highest BCUT2D eigenvalue weighted by Crippen LogP contribution is 2.30. The van der Waals surface area contributed by atoms with Gasteiger partial charge in [-0.05, 0) is 56.2 Å². The van der Waals surface area contributed by atoms with Crippen LogP contribution in [0.1, 0.15) is 35.9 Å². The minimum atomic E-state index is 0.0876. The second-order valence-corrected chi connectivity index (χ2v) is 5.80. The van der Waals surface area contributed by atoms with Crippen molar-refractivity contribution in [1.82, 2.24) is 4.90 Å². The van der Waals surface area contributed by atoms with Gasteiger partial charge in [-0.1, -0.05) is 0 Å². The van der Waals surface area contributed by atoms with Crippen LogP contribution in [0.4, 0.5) is 5.69 Å². The molecule has 0 bridgehead atoms. The molecule has 0 radical (unpaired) electrons. The Kier molecular flexibility index (Phi) is 4.18. The Bertz CT molecular complexity index is 615. The minimum absolute atomic E-state index is 0.0876. The molecule has 4 heteroatoms. The van der Waals surface area contributed by atoms with Gasteiger partial charge in [0.15, 0.2) is 0 Å². The van der Waals surface area contributed by atoms with E-state index in [1.165, 1.54) is 0 Å². The fourth-order valence-corrected chi connectivity index (χ4v) is 2.53. The molecule has 3 rings (SSSR count). The first-order valence-corrected chi connectivity index (χ1v) is 7.83. The Balaban J connectivity index is 1.75. The molecule has 0 unspecified atom stereocenters. The SMILES string of the molecule is CCN(C)c1ccc(C(=O)N(Cc2ccco2)C2CC2)cc1. The number of amides is 1. The van der Waals surface area contributed by atoms with E-state index in [0.717, 1.165) is 36.4 Å². The van der Waals surface area contributed by atoms with E-state index in [4.69, 9.17) is 4.42 Å². The lowest BCUT2D eigenvalue weighted by Gasteiger charge is -2.22. The van der Waals surface area contributed by atoms with Gasteiger partial charge in [-0.3, -0.25) is 4.79 Å². The van der Waals surface area contributed by atoms with Gasteiger partial charge in [0.2, 0.25) is 0 Å². The summed E-state index contributed by atoms with van der Waals surface area (Å²) in [5.41, 5.74) is 1.87. The van der Waals surface area contributed by atoms with E-state index < -0.39 is 0 Å². The topological polar surface area (TPSA) is 36.7 Å². The maximum atomic E-state index is 12.8. The average molecular weight is 298 g/mol. The number of hydrogen-bond acceptors (Lipinski definition) is 3. The number of carbonyl (C=O) groups is 1. The largest absolute Gasteiger partial charge is 0.467 e. The van der Waals surface area contributed by atoms with Crippen molar-refractivity contribution in [3.05, 3.63) is 54.0 Å². The molecule has 116 valence electrons. The van der Waals surface area contributed by atoms with Gasteiger partial charge in [0, 0.05) is 30.9 Å². The van der Waals surface area contributed by atoms with Gasteiger partial charge in [-0.2, -0.15) is 0 Å². The summed E-state index contributed by atoms with van der Waals surface area (Å²) in [5.74, 6) is 0.923. The summed E-state index contributed by atoms with van der Waals surface area (Å²) in [6.45, 7) is 3.60. The number of hydrogen-bond donors (Lipinski definition) is 0. The lowest BCUT2D eigenvalue weighted by atomic mass is 10.1. The molecular formula is C18H22N2O2. The second kappa shape index (κ2) is 6.26. The summed E-state index contributed by atoms with van der Waals surface area (Å²) in [7, 11) is 2.05. The zero-order chi connectivity index (χ0) is 15.5. The lowest BCUT2D eigenvalue weighted by Crippen LogP contribution is -2.32. The van der Waals surface area contributed by atoms with E-state index in [0.29, 0.717) is 12.6 Å². The zero-order valence-corrected chi connectivity index (χ0v) is 13.2. The molecule has 1 aliphatic carbocycles. The molecule has 1 fully saturated rings. The molecule has 0 N–H and O–H groups in total. The predicted molar refractivity (Wildman–Crippen MR) is 87.0 cm³/mol. The quantitative estimate of drug-likeness (QED) is 0.818. The van der Waals surface area contributed by atoms with Crippen molar-refractivity contribution >= 4 is 11.6 Å². The molecule has 1 aromatic heterocycles. The van der Waals surface area contributed by atoms with Gasteiger partial charge in [0.1, 0.15) is 5.76 Å². The molecule has 0 saturated heterocycles. The monoisotopic (exact) mass is 298 g/mol. The highest BCUT2D eigenvalue weighted by atomic mass is 16.3. The smallest absolute Gasteiger partial charge is 0.254 e. The van der Waals surface area contributed by atoms with Gasteiger partial charge in [-0.15, -0.1) is 0 Å². The summed E-state index contributed by atoms with van der Waals surface area (Å²) in [5, 5.41) is 0. The summed E-state index contributed by atoms with van der Waals surface area (Å²) in [6, 6.07) is 12.0. The number of nitrogens with zero attached hydrogens (tertiary/aromatic N) is 2. The van der Waals surface area contributed by atoms with Crippen LogP contribution in [0.2, 0.25) is 0 Å². The molecule has 0 aliphatic heterocycles. The van der Waals surface area contributed by atoms with E-state index in [-0.39, 0.29) is 5.91 Å². The Morgan fingerprint density at radius 2 is 1.95 bits per heavy atom. The van der Waals surface area contributed by atoms with Crippen LogP contribution >= 0.6 is 0 Å². The van der Waals surface area contributed by atoms with Crippen molar-refractivity contribution in [2.75, 3.05) is 18.5 Å². The van der Waals surface area contributed by atoms with Crippen molar-refractivity contribution in [3.8, 4) is 0 Å². The third-order valence-electron chi connectivity index (χ3n) is 4.18. The molecule has 1 saturated carbocycles. The average Bonchev–Trinajstić information content (AvgIpc) is 3.27. The summed E-state index contributed by atoms with van der Waals surface area (Å²) < 4.78 is 5.39. The maximum Gasteiger partial charge on any atom is 0.254 e. The molecule has 1 aromatic carbocycles. The van der Waals surface area contributed by atoms with E-state index in [2.05, 4.69) is 11.8 Å². The van der Waals surface area contributed by atoms with Crippen molar-refractivity contribution in [2.24, 2.45) is 0 Å². The van der Waals surface area contributed by atoms with E-state index in [9.17, 15) is 4.79 Å². The number of benzene rings is 1. The third-order valence-corrected chi connectivity index (χ3v) is 4.18. The normalized spacial score (nSPS) is 13.9. The Labute approximate surface area is 131 Å². The van der Waals surface area contributed by atoms with Gasteiger partial charge in [-0.25, -0.2) is 0 Å². The summed E-state index contributed by atoms with van der Waals surface area (Å²) in [6.07, 6.45) is 3.83. The Hall–Kier alpha value is -2.23. The van der Waals surface area contributed by atoms with Gasteiger partial charge in [0.05, 0.1) is 12.8 Å².